The topological polar surface area (TPSA) is 84.1 Å². The molecular weight excluding hydrogens is 254 g/mol. The summed E-state index contributed by atoms with van der Waals surface area (Å²) in [6.07, 6.45) is 6.71. The first-order chi connectivity index (χ1) is 9.50. The van der Waals surface area contributed by atoms with E-state index in [1.54, 1.807) is 0 Å². The van der Waals surface area contributed by atoms with E-state index in [1.165, 1.54) is 31.7 Å². The van der Waals surface area contributed by atoms with Crippen LogP contribution in [-0.4, -0.2) is 45.9 Å². The van der Waals surface area contributed by atoms with E-state index in [2.05, 4.69) is 34.0 Å². The second kappa shape index (κ2) is 6.17. The van der Waals surface area contributed by atoms with Crippen LogP contribution in [0.15, 0.2) is 12.4 Å². The summed E-state index contributed by atoms with van der Waals surface area (Å²) in [5, 5.41) is 2.91. The maximum atomic E-state index is 12.1. The van der Waals surface area contributed by atoms with Gasteiger partial charge in [0, 0.05) is 24.5 Å². The van der Waals surface area contributed by atoms with Gasteiger partial charge < -0.3 is 11.1 Å². The molecule has 1 aliphatic heterocycles. The molecule has 110 valence electrons. The van der Waals surface area contributed by atoms with Crippen molar-refractivity contribution in [2.45, 2.75) is 38.6 Å². The van der Waals surface area contributed by atoms with Crippen LogP contribution >= 0.6 is 0 Å². The molecule has 6 heteroatoms. The molecule has 0 unspecified atom stereocenters. The van der Waals surface area contributed by atoms with Gasteiger partial charge in [0.2, 0.25) is 0 Å². The lowest BCUT2D eigenvalue weighted by Crippen LogP contribution is -2.53. The highest BCUT2D eigenvalue weighted by Gasteiger charge is 2.28. The number of amides is 1. The van der Waals surface area contributed by atoms with Crippen molar-refractivity contribution >= 4 is 11.7 Å². The smallest absolute Gasteiger partial charge is 0.273 e. The minimum absolute atomic E-state index is 0.0624. The number of carbonyl (C=O) groups is 1. The molecule has 1 aliphatic rings. The number of hydrogen-bond donors (Lipinski definition) is 2. The third-order valence-corrected chi connectivity index (χ3v) is 3.84. The van der Waals surface area contributed by atoms with E-state index in [0.29, 0.717) is 6.54 Å². The van der Waals surface area contributed by atoms with Crippen LogP contribution in [0.1, 0.15) is 43.6 Å². The molecule has 6 nitrogen and oxygen atoms in total. The molecule has 1 aromatic rings. The lowest BCUT2D eigenvalue weighted by Gasteiger charge is -2.41. The summed E-state index contributed by atoms with van der Waals surface area (Å²) < 4.78 is 0. The number of anilines is 1. The van der Waals surface area contributed by atoms with Crippen LogP contribution in [0.5, 0.6) is 0 Å². The zero-order chi connectivity index (χ0) is 14.6. The van der Waals surface area contributed by atoms with Gasteiger partial charge in [0.1, 0.15) is 0 Å². The van der Waals surface area contributed by atoms with E-state index in [-0.39, 0.29) is 23.0 Å². The summed E-state index contributed by atoms with van der Waals surface area (Å²) in [4.78, 5) is 22.4. The Balaban J connectivity index is 1.94. The normalized spacial score (nSPS) is 16.9. The number of nitrogens with one attached hydrogen (secondary N) is 1. The van der Waals surface area contributed by atoms with Gasteiger partial charge in [-0.15, -0.1) is 0 Å². The molecule has 0 aliphatic carbocycles. The Kier molecular flexibility index (Phi) is 4.54. The third kappa shape index (κ3) is 3.45. The number of likely N-dealkylation sites (tertiary alicyclic amines) is 1. The number of hydrogen-bond acceptors (Lipinski definition) is 5. The highest BCUT2D eigenvalue weighted by Crippen LogP contribution is 2.20. The van der Waals surface area contributed by atoms with Crippen LogP contribution in [0.25, 0.3) is 0 Å². The molecule has 0 aromatic carbocycles. The van der Waals surface area contributed by atoms with Crippen LogP contribution in [-0.2, 0) is 0 Å². The monoisotopic (exact) mass is 277 g/mol. The zero-order valence-electron chi connectivity index (χ0n) is 12.2. The molecule has 0 atom stereocenters. The Labute approximate surface area is 119 Å². The predicted molar refractivity (Wildman–Crippen MR) is 78.3 cm³/mol. The molecule has 0 bridgehead atoms. The maximum absolute atomic E-state index is 12.1. The number of carbonyl (C=O) groups excluding carboxylic acids is 1. The Bertz CT molecular complexity index is 468. The first-order valence-corrected chi connectivity index (χ1v) is 7.10. The second-order valence-electron chi connectivity index (χ2n) is 5.83. The fourth-order valence-electron chi connectivity index (χ4n) is 2.52. The summed E-state index contributed by atoms with van der Waals surface area (Å²) in [5.41, 5.74) is 5.79. The number of aromatic nitrogens is 2. The first kappa shape index (κ1) is 14.7. The van der Waals surface area contributed by atoms with Crippen molar-refractivity contribution in [3.05, 3.63) is 18.1 Å². The van der Waals surface area contributed by atoms with Gasteiger partial charge in [0.05, 0.1) is 0 Å². The average Bonchev–Trinajstić information content (AvgIpc) is 2.46. The minimum Gasteiger partial charge on any atom is -0.382 e. The number of nitrogen functional groups attached to an aromatic ring is 1. The van der Waals surface area contributed by atoms with Crippen LogP contribution < -0.4 is 11.1 Å². The van der Waals surface area contributed by atoms with Crippen molar-refractivity contribution in [3.8, 4) is 0 Å². The fourth-order valence-corrected chi connectivity index (χ4v) is 2.52. The predicted octanol–water partition coefficient (Wildman–Crippen LogP) is 1.05. The Morgan fingerprint density at radius 2 is 1.95 bits per heavy atom. The van der Waals surface area contributed by atoms with Gasteiger partial charge >= 0.3 is 0 Å². The van der Waals surface area contributed by atoms with E-state index in [4.69, 9.17) is 5.73 Å². The second-order valence-corrected chi connectivity index (χ2v) is 5.83. The Morgan fingerprint density at radius 1 is 1.30 bits per heavy atom. The van der Waals surface area contributed by atoms with Crippen molar-refractivity contribution in [3.63, 3.8) is 0 Å². The van der Waals surface area contributed by atoms with Crippen molar-refractivity contribution in [2.24, 2.45) is 0 Å². The molecule has 0 spiro atoms. The molecule has 20 heavy (non-hydrogen) atoms. The molecule has 0 saturated carbocycles. The van der Waals surface area contributed by atoms with Gasteiger partial charge in [-0.05, 0) is 39.8 Å². The molecule has 0 radical (unpaired) electrons. The quantitative estimate of drug-likeness (QED) is 0.859. The van der Waals surface area contributed by atoms with Gasteiger partial charge in [-0.1, -0.05) is 6.42 Å². The van der Waals surface area contributed by atoms with E-state index in [0.717, 1.165) is 13.1 Å². The van der Waals surface area contributed by atoms with Gasteiger partial charge in [-0.2, -0.15) is 0 Å². The fraction of sp³-hybridized carbons (Fsp3) is 0.643. The number of nitrogens with two attached hydrogens (primary N) is 1. The van der Waals surface area contributed by atoms with E-state index in [9.17, 15) is 4.79 Å². The molecule has 1 fully saturated rings. The zero-order valence-corrected chi connectivity index (χ0v) is 12.2. The highest BCUT2D eigenvalue weighted by atomic mass is 16.1. The summed E-state index contributed by atoms with van der Waals surface area (Å²) >= 11 is 0. The summed E-state index contributed by atoms with van der Waals surface area (Å²) in [5.74, 6) is -0.0959. The van der Waals surface area contributed by atoms with Crippen LogP contribution in [0, 0.1) is 0 Å². The summed E-state index contributed by atoms with van der Waals surface area (Å²) in [6.45, 7) is 7.06. The van der Waals surface area contributed by atoms with Gasteiger partial charge in [0.25, 0.3) is 5.91 Å². The molecule has 2 rings (SSSR count). The van der Waals surface area contributed by atoms with Crippen molar-refractivity contribution in [2.75, 3.05) is 25.4 Å². The van der Waals surface area contributed by atoms with Crippen molar-refractivity contribution in [1.29, 1.82) is 0 Å². The molecule has 1 saturated heterocycles. The molecular formula is C14H23N5O. The number of piperidine rings is 1. The molecule has 3 N–H and O–H groups in total. The van der Waals surface area contributed by atoms with E-state index < -0.39 is 0 Å². The first-order valence-electron chi connectivity index (χ1n) is 7.10. The van der Waals surface area contributed by atoms with Gasteiger partial charge in [-0.3, -0.25) is 9.69 Å². The number of rotatable bonds is 4. The standard InChI is InChI=1S/C14H23N5O/c1-14(2,19-8-4-3-5-9-19)10-18-13(20)11-12(15)17-7-6-16-11/h6-7H,3-5,8-10H2,1-2H3,(H2,15,17)(H,18,20). The minimum atomic E-state index is -0.263. The third-order valence-electron chi connectivity index (χ3n) is 3.84. The number of nitrogens with zero attached hydrogens (tertiary/aromatic N) is 3. The van der Waals surface area contributed by atoms with Gasteiger partial charge in [-0.25, -0.2) is 9.97 Å². The van der Waals surface area contributed by atoms with E-state index in [1.807, 2.05) is 0 Å². The molecule has 2 heterocycles. The Hall–Kier alpha value is -1.69. The highest BCUT2D eigenvalue weighted by molar-refractivity contribution is 5.96. The van der Waals surface area contributed by atoms with Gasteiger partial charge in [0.15, 0.2) is 11.5 Å². The van der Waals surface area contributed by atoms with Crippen LogP contribution in [0.4, 0.5) is 5.82 Å². The lowest BCUT2D eigenvalue weighted by atomic mass is 9.98. The van der Waals surface area contributed by atoms with Crippen LogP contribution in [0.3, 0.4) is 0 Å². The van der Waals surface area contributed by atoms with E-state index >= 15 is 0 Å². The summed E-state index contributed by atoms with van der Waals surface area (Å²) in [6, 6.07) is 0. The molecule has 1 aromatic heterocycles. The Morgan fingerprint density at radius 3 is 2.60 bits per heavy atom. The lowest BCUT2D eigenvalue weighted by molar-refractivity contribution is 0.0795. The average molecular weight is 277 g/mol. The summed E-state index contributed by atoms with van der Waals surface area (Å²) in [7, 11) is 0. The van der Waals surface area contributed by atoms with Crippen molar-refractivity contribution < 1.29 is 4.79 Å². The SMILES string of the molecule is CC(C)(CNC(=O)c1nccnc1N)N1CCCCC1. The largest absolute Gasteiger partial charge is 0.382 e. The molecule has 1 amide bonds. The van der Waals surface area contributed by atoms with Crippen LogP contribution in [0.2, 0.25) is 0 Å². The van der Waals surface area contributed by atoms with Crippen molar-refractivity contribution in [1.82, 2.24) is 20.2 Å². The maximum Gasteiger partial charge on any atom is 0.273 e.